The SMILES string of the molecule is CC1CCCC/C1=N/N=C1/SCC(=O)N1Cc1ccccc1. The third-order valence-electron chi connectivity index (χ3n) is 4.19. The number of hydrogen-bond donors (Lipinski definition) is 0. The van der Waals surface area contributed by atoms with Crippen LogP contribution < -0.4 is 0 Å². The van der Waals surface area contributed by atoms with Gasteiger partial charge in [-0.3, -0.25) is 9.69 Å². The Hall–Kier alpha value is -1.62. The van der Waals surface area contributed by atoms with Gasteiger partial charge in [0.05, 0.1) is 12.3 Å². The summed E-state index contributed by atoms with van der Waals surface area (Å²) < 4.78 is 0. The first-order chi connectivity index (χ1) is 10.7. The number of nitrogens with zero attached hydrogens (tertiary/aromatic N) is 3. The van der Waals surface area contributed by atoms with Gasteiger partial charge in [-0.15, -0.1) is 5.10 Å². The summed E-state index contributed by atoms with van der Waals surface area (Å²) >= 11 is 1.49. The molecular weight excluding hydrogens is 294 g/mol. The molecule has 1 saturated carbocycles. The van der Waals surface area contributed by atoms with Gasteiger partial charge < -0.3 is 0 Å². The van der Waals surface area contributed by atoms with E-state index in [9.17, 15) is 4.79 Å². The molecule has 1 amide bonds. The minimum atomic E-state index is 0.115. The number of carbonyl (C=O) groups is 1. The zero-order valence-corrected chi connectivity index (χ0v) is 13.7. The molecule has 116 valence electrons. The maximum Gasteiger partial charge on any atom is 0.239 e. The molecule has 1 saturated heterocycles. The number of amides is 1. The van der Waals surface area contributed by atoms with E-state index in [4.69, 9.17) is 0 Å². The number of amidine groups is 1. The summed E-state index contributed by atoms with van der Waals surface area (Å²) in [6.07, 6.45) is 4.72. The Morgan fingerprint density at radius 1 is 1.23 bits per heavy atom. The Morgan fingerprint density at radius 2 is 2.05 bits per heavy atom. The second kappa shape index (κ2) is 7.09. The van der Waals surface area contributed by atoms with Crippen molar-refractivity contribution < 1.29 is 4.79 Å². The van der Waals surface area contributed by atoms with Gasteiger partial charge in [0.25, 0.3) is 0 Å². The van der Waals surface area contributed by atoms with Crippen LogP contribution in [0.2, 0.25) is 0 Å². The fraction of sp³-hybridized carbons (Fsp3) is 0.471. The van der Waals surface area contributed by atoms with E-state index in [-0.39, 0.29) is 5.91 Å². The average Bonchev–Trinajstić information content (AvgIpc) is 2.88. The maximum absolute atomic E-state index is 12.1. The first kappa shape index (κ1) is 15.3. The van der Waals surface area contributed by atoms with Crippen LogP contribution in [-0.2, 0) is 11.3 Å². The van der Waals surface area contributed by atoms with Crippen LogP contribution in [0.3, 0.4) is 0 Å². The van der Waals surface area contributed by atoms with E-state index in [1.807, 2.05) is 30.3 Å². The molecular formula is C17H21N3OS. The highest BCUT2D eigenvalue weighted by atomic mass is 32.2. The summed E-state index contributed by atoms with van der Waals surface area (Å²) in [5, 5.41) is 9.60. The number of rotatable bonds is 3. The van der Waals surface area contributed by atoms with Crippen molar-refractivity contribution in [2.75, 3.05) is 5.75 Å². The van der Waals surface area contributed by atoms with Crippen LogP contribution in [0.5, 0.6) is 0 Å². The van der Waals surface area contributed by atoms with Gasteiger partial charge in [0.1, 0.15) is 0 Å². The van der Waals surface area contributed by atoms with Crippen LogP contribution in [0.15, 0.2) is 40.5 Å². The van der Waals surface area contributed by atoms with Crippen LogP contribution in [0.4, 0.5) is 0 Å². The molecule has 0 spiro atoms. The minimum Gasteiger partial charge on any atom is -0.285 e. The van der Waals surface area contributed by atoms with Crippen molar-refractivity contribution in [2.24, 2.45) is 16.1 Å². The van der Waals surface area contributed by atoms with Crippen LogP contribution in [0.25, 0.3) is 0 Å². The smallest absolute Gasteiger partial charge is 0.239 e. The Kier molecular flexibility index (Phi) is 4.93. The van der Waals surface area contributed by atoms with E-state index in [1.165, 1.54) is 36.7 Å². The van der Waals surface area contributed by atoms with E-state index < -0.39 is 0 Å². The van der Waals surface area contributed by atoms with Crippen molar-refractivity contribution >= 4 is 28.5 Å². The summed E-state index contributed by atoms with van der Waals surface area (Å²) in [5.41, 5.74) is 2.29. The molecule has 1 heterocycles. The number of carbonyl (C=O) groups excluding carboxylic acids is 1. The molecule has 0 bridgehead atoms. The average molecular weight is 315 g/mol. The molecule has 22 heavy (non-hydrogen) atoms. The summed E-state index contributed by atoms with van der Waals surface area (Å²) in [5.74, 6) is 1.10. The molecule has 1 aliphatic carbocycles. The number of benzene rings is 1. The van der Waals surface area contributed by atoms with Crippen molar-refractivity contribution in [1.29, 1.82) is 0 Å². The lowest BCUT2D eigenvalue weighted by atomic mass is 9.89. The molecule has 0 radical (unpaired) electrons. The zero-order chi connectivity index (χ0) is 15.4. The third kappa shape index (κ3) is 3.58. The molecule has 2 aliphatic rings. The normalized spacial score (nSPS) is 26.1. The Morgan fingerprint density at radius 3 is 2.82 bits per heavy atom. The number of hydrogen-bond acceptors (Lipinski definition) is 4. The minimum absolute atomic E-state index is 0.115. The molecule has 0 aromatic heterocycles. The topological polar surface area (TPSA) is 45.0 Å². The Bertz CT molecular complexity index is 597. The lowest BCUT2D eigenvalue weighted by Crippen LogP contribution is -2.29. The van der Waals surface area contributed by atoms with Crippen molar-refractivity contribution in [2.45, 2.75) is 39.2 Å². The second-order valence-electron chi connectivity index (χ2n) is 5.87. The monoisotopic (exact) mass is 315 g/mol. The van der Waals surface area contributed by atoms with Crippen molar-refractivity contribution in [3.63, 3.8) is 0 Å². The molecule has 5 heteroatoms. The molecule has 2 fully saturated rings. The van der Waals surface area contributed by atoms with Gasteiger partial charge in [-0.05, 0) is 30.7 Å². The van der Waals surface area contributed by atoms with Crippen molar-refractivity contribution in [3.8, 4) is 0 Å². The summed E-state index contributed by atoms with van der Waals surface area (Å²) in [6.45, 7) is 2.79. The third-order valence-corrected chi connectivity index (χ3v) is 5.14. The van der Waals surface area contributed by atoms with Gasteiger partial charge in [-0.25, -0.2) is 0 Å². The fourth-order valence-electron chi connectivity index (χ4n) is 2.82. The van der Waals surface area contributed by atoms with Crippen LogP contribution >= 0.6 is 11.8 Å². The second-order valence-corrected chi connectivity index (χ2v) is 6.82. The predicted molar refractivity (Wildman–Crippen MR) is 92.0 cm³/mol. The van der Waals surface area contributed by atoms with Gasteiger partial charge >= 0.3 is 0 Å². The Balaban J connectivity index is 1.75. The molecule has 1 aromatic rings. The van der Waals surface area contributed by atoms with E-state index >= 15 is 0 Å². The van der Waals surface area contributed by atoms with Crippen LogP contribution in [0, 0.1) is 5.92 Å². The molecule has 1 aliphatic heterocycles. The first-order valence-corrected chi connectivity index (χ1v) is 8.84. The molecule has 0 N–H and O–H groups in total. The van der Waals surface area contributed by atoms with Crippen molar-refractivity contribution in [3.05, 3.63) is 35.9 Å². The lowest BCUT2D eigenvalue weighted by Gasteiger charge is -2.19. The highest BCUT2D eigenvalue weighted by Gasteiger charge is 2.28. The predicted octanol–water partition coefficient (Wildman–Crippen LogP) is 3.68. The zero-order valence-electron chi connectivity index (χ0n) is 12.9. The molecule has 1 atom stereocenters. The van der Waals surface area contributed by atoms with Crippen molar-refractivity contribution in [1.82, 2.24) is 4.90 Å². The highest BCUT2D eigenvalue weighted by Crippen LogP contribution is 2.24. The fourth-order valence-corrected chi connectivity index (χ4v) is 3.65. The lowest BCUT2D eigenvalue weighted by molar-refractivity contribution is -0.124. The summed E-state index contributed by atoms with van der Waals surface area (Å²) in [7, 11) is 0. The van der Waals surface area contributed by atoms with Gasteiger partial charge in [0, 0.05) is 5.71 Å². The first-order valence-electron chi connectivity index (χ1n) is 7.85. The van der Waals surface area contributed by atoms with Crippen LogP contribution in [-0.4, -0.2) is 27.4 Å². The maximum atomic E-state index is 12.1. The van der Waals surface area contributed by atoms with Gasteiger partial charge in [-0.1, -0.05) is 55.4 Å². The largest absolute Gasteiger partial charge is 0.285 e. The van der Waals surface area contributed by atoms with Gasteiger partial charge in [0.15, 0.2) is 5.17 Å². The molecule has 1 unspecified atom stereocenters. The number of thioether (sulfide) groups is 1. The standard InChI is InChI=1S/C17H21N3OS/c1-13-7-5-6-10-15(13)18-19-17-20(16(21)12-22-17)11-14-8-3-2-4-9-14/h2-4,8-9,13H,5-7,10-12H2,1H3/b18-15-,19-17+. The van der Waals surface area contributed by atoms with Gasteiger partial charge in [0.2, 0.25) is 5.91 Å². The van der Waals surface area contributed by atoms with E-state index in [2.05, 4.69) is 17.1 Å². The molecule has 3 rings (SSSR count). The van der Waals surface area contributed by atoms with E-state index in [0.29, 0.717) is 18.2 Å². The molecule has 4 nitrogen and oxygen atoms in total. The quantitative estimate of drug-likeness (QED) is 0.799. The van der Waals surface area contributed by atoms with E-state index in [0.717, 1.165) is 17.2 Å². The van der Waals surface area contributed by atoms with Crippen LogP contribution in [0.1, 0.15) is 38.2 Å². The Labute approximate surface area is 135 Å². The van der Waals surface area contributed by atoms with Gasteiger partial charge in [-0.2, -0.15) is 5.10 Å². The van der Waals surface area contributed by atoms with E-state index in [1.54, 1.807) is 4.90 Å². The summed E-state index contributed by atoms with van der Waals surface area (Å²) in [4.78, 5) is 13.8. The highest BCUT2D eigenvalue weighted by molar-refractivity contribution is 8.15. The molecule has 1 aromatic carbocycles. The summed E-state index contributed by atoms with van der Waals surface area (Å²) in [6, 6.07) is 10.0.